The van der Waals surface area contributed by atoms with Gasteiger partial charge in [-0.3, -0.25) is 4.79 Å². The van der Waals surface area contributed by atoms with Crippen molar-refractivity contribution in [2.75, 3.05) is 44.7 Å². The second kappa shape index (κ2) is 9.40. The van der Waals surface area contributed by atoms with E-state index in [4.69, 9.17) is 4.74 Å². The van der Waals surface area contributed by atoms with Gasteiger partial charge in [-0.15, -0.1) is 0 Å². The monoisotopic (exact) mass is 464 g/mol. The van der Waals surface area contributed by atoms with Crippen molar-refractivity contribution < 1.29 is 35.9 Å². The summed E-state index contributed by atoms with van der Waals surface area (Å²) in [5, 5.41) is 4.33. The van der Waals surface area contributed by atoms with E-state index in [-0.39, 0.29) is 36.6 Å². The lowest BCUT2D eigenvalue weighted by Crippen LogP contribution is -2.49. The normalized spacial score (nSPS) is 20.5. The predicted octanol–water partition coefficient (Wildman–Crippen LogP) is 1.38. The average molecular weight is 464 g/mol. The largest absolute Gasteiger partial charge is 0.405 e. The van der Waals surface area contributed by atoms with Crippen molar-refractivity contribution in [2.45, 2.75) is 30.0 Å². The van der Waals surface area contributed by atoms with Crippen LogP contribution in [-0.2, 0) is 19.6 Å². The molecule has 1 aromatic rings. The summed E-state index contributed by atoms with van der Waals surface area (Å²) in [5.74, 6) is -0.881. The van der Waals surface area contributed by atoms with E-state index in [9.17, 15) is 31.2 Å². The highest BCUT2D eigenvalue weighted by molar-refractivity contribution is 7.89. The lowest BCUT2D eigenvalue weighted by atomic mass is 10.2. The summed E-state index contributed by atoms with van der Waals surface area (Å²) in [6.45, 7) is -0.241. The van der Waals surface area contributed by atoms with Crippen molar-refractivity contribution in [1.29, 1.82) is 0 Å². The zero-order chi connectivity index (χ0) is 22.6. The number of morpholine rings is 1. The third-order valence-corrected chi connectivity index (χ3v) is 6.87. The molecule has 31 heavy (non-hydrogen) atoms. The number of sulfonamides is 1. The fourth-order valence-corrected chi connectivity index (χ4v) is 4.91. The maximum Gasteiger partial charge on any atom is 0.405 e. The van der Waals surface area contributed by atoms with Crippen LogP contribution in [-0.4, -0.2) is 81.2 Å². The molecule has 2 aliphatic rings. The third-order valence-electron chi connectivity index (χ3n) is 4.97. The van der Waals surface area contributed by atoms with Crippen molar-refractivity contribution >= 4 is 27.6 Å². The Kier molecular flexibility index (Phi) is 7.06. The van der Waals surface area contributed by atoms with Gasteiger partial charge in [0.15, 0.2) is 0 Å². The summed E-state index contributed by atoms with van der Waals surface area (Å²) in [6, 6.07) is 3.96. The van der Waals surface area contributed by atoms with Gasteiger partial charge in [0, 0.05) is 25.3 Å². The Hall–Kier alpha value is -2.38. The quantitative estimate of drug-likeness (QED) is 0.685. The standard InChI is InChI=1S/C18H23F3N4O5S/c19-18(20,21)12-22-16(26)15-5-2-6-25(15)17(27)23-13-3-1-4-14(11-13)31(28,29)24-7-9-30-10-8-24/h1,3-4,11,15H,2,5-10,12H2,(H,22,26)(H,23,27). The summed E-state index contributed by atoms with van der Waals surface area (Å²) in [7, 11) is -3.77. The topological polar surface area (TPSA) is 108 Å². The molecule has 0 saturated carbocycles. The van der Waals surface area contributed by atoms with E-state index < -0.39 is 40.7 Å². The first-order valence-corrected chi connectivity index (χ1v) is 11.1. The van der Waals surface area contributed by atoms with Gasteiger partial charge in [0.2, 0.25) is 15.9 Å². The van der Waals surface area contributed by atoms with Crippen LogP contribution in [0.5, 0.6) is 0 Å². The lowest BCUT2D eigenvalue weighted by Gasteiger charge is -2.26. The molecule has 172 valence electrons. The zero-order valence-electron chi connectivity index (χ0n) is 16.5. The van der Waals surface area contributed by atoms with Crippen LogP contribution < -0.4 is 10.6 Å². The highest BCUT2D eigenvalue weighted by Gasteiger charge is 2.36. The Morgan fingerprint density at radius 2 is 1.87 bits per heavy atom. The van der Waals surface area contributed by atoms with Crippen LogP contribution in [0.25, 0.3) is 0 Å². The van der Waals surface area contributed by atoms with Gasteiger partial charge < -0.3 is 20.3 Å². The number of rotatable bonds is 5. The minimum absolute atomic E-state index is 0.00640. The smallest absolute Gasteiger partial charge is 0.379 e. The van der Waals surface area contributed by atoms with E-state index >= 15 is 0 Å². The molecule has 1 aromatic carbocycles. The number of nitrogens with one attached hydrogen (secondary N) is 2. The van der Waals surface area contributed by atoms with Gasteiger partial charge in [0.25, 0.3) is 0 Å². The molecule has 0 spiro atoms. The van der Waals surface area contributed by atoms with E-state index in [0.29, 0.717) is 19.6 Å². The van der Waals surface area contributed by atoms with Crippen LogP contribution in [0.15, 0.2) is 29.2 Å². The van der Waals surface area contributed by atoms with Gasteiger partial charge in [0.1, 0.15) is 12.6 Å². The van der Waals surface area contributed by atoms with E-state index in [1.54, 1.807) is 5.32 Å². The summed E-state index contributed by atoms with van der Waals surface area (Å²) in [5.41, 5.74) is 0.195. The number of carbonyl (C=O) groups excluding carboxylic acids is 2. The second-order valence-corrected chi connectivity index (χ2v) is 9.10. The summed E-state index contributed by atoms with van der Waals surface area (Å²) in [4.78, 5) is 25.9. The van der Waals surface area contributed by atoms with Crippen LogP contribution in [0.1, 0.15) is 12.8 Å². The highest BCUT2D eigenvalue weighted by Crippen LogP contribution is 2.23. The van der Waals surface area contributed by atoms with Crippen molar-refractivity contribution in [1.82, 2.24) is 14.5 Å². The Morgan fingerprint density at radius 3 is 2.55 bits per heavy atom. The Balaban J connectivity index is 1.67. The van der Waals surface area contributed by atoms with Crippen molar-refractivity contribution in [3.8, 4) is 0 Å². The Labute approximate surface area is 177 Å². The van der Waals surface area contributed by atoms with Gasteiger partial charge in [-0.05, 0) is 31.0 Å². The fourth-order valence-electron chi connectivity index (χ4n) is 3.45. The predicted molar refractivity (Wildman–Crippen MR) is 104 cm³/mol. The second-order valence-electron chi connectivity index (χ2n) is 7.16. The molecule has 2 N–H and O–H groups in total. The molecule has 0 radical (unpaired) electrons. The molecule has 3 amide bonds. The minimum Gasteiger partial charge on any atom is -0.379 e. The molecule has 2 fully saturated rings. The highest BCUT2D eigenvalue weighted by atomic mass is 32.2. The molecule has 3 rings (SSSR count). The molecule has 0 bridgehead atoms. The number of ether oxygens (including phenoxy) is 1. The number of benzene rings is 1. The van der Waals surface area contributed by atoms with Gasteiger partial charge in [0.05, 0.1) is 18.1 Å². The van der Waals surface area contributed by atoms with E-state index in [0.717, 1.165) is 4.90 Å². The van der Waals surface area contributed by atoms with Crippen molar-refractivity contribution in [2.24, 2.45) is 0 Å². The van der Waals surface area contributed by atoms with Crippen LogP contribution in [0.3, 0.4) is 0 Å². The first kappa shape index (κ1) is 23.3. The fraction of sp³-hybridized carbons (Fsp3) is 0.556. The Morgan fingerprint density at radius 1 is 1.16 bits per heavy atom. The van der Waals surface area contributed by atoms with Gasteiger partial charge in [-0.25, -0.2) is 13.2 Å². The van der Waals surface area contributed by atoms with Crippen LogP contribution in [0.2, 0.25) is 0 Å². The molecule has 0 aliphatic carbocycles. The molecule has 13 heteroatoms. The van der Waals surface area contributed by atoms with E-state index in [2.05, 4.69) is 5.32 Å². The molecule has 2 aliphatic heterocycles. The van der Waals surface area contributed by atoms with Crippen LogP contribution >= 0.6 is 0 Å². The maximum absolute atomic E-state index is 12.8. The summed E-state index contributed by atoms with van der Waals surface area (Å²) < 4.78 is 69.1. The average Bonchev–Trinajstić information content (AvgIpc) is 3.22. The number of alkyl halides is 3. The number of urea groups is 1. The minimum atomic E-state index is -4.55. The zero-order valence-corrected chi connectivity index (χ0v) is 17.3. The molecule has 9 nitrogen and oxygen atoms in total. The van der Waals surface area contributed by atoms with Crippen molar-refractivity contribution in [3.05, 3.63) is 24.3 Å². The number of likely N-dealkylation sites (tertiary alicyclic amines) is 1. The molecule has 2 saturated heterocycles. The first-order chi connectivity index (χ1) is 14.6. The molecule has 0 aromatic heterocycles. The number of amides is 3. The molecule has 2 heterocycles. The maximum atomic E-state index is 12.8. The summed E-state index contributed by atoms with van der Waals surface area (Å²) in [6.07, 6.45) is -3.85. The molecular formula is C18H23F3N4O5S. The lowest BCUT2D eigenvalue weighted by molar-refractivity contribution is -0.140. The number of hydrogen-bond acceptors (Lipinski definition) is 5. The number of anilines is 1. The Bertz CT molecular complexity index is 919. The van der Waals surface area contributed by atoms with Gasteiger partial charge in [-0.1, -0.05) is 6.07 Å². The van der Waals surface area contributed by atoms with E-state index in [1.807, 2.05) is 0 Å². The number of halogens is 3. The van der Waals surface area contributed by atoms with Crippen LogP contribution in [0.4, 0.5) is 23.7 Å². The van der Waals surface area contributed by atoms with E-state index in [1.165, 1.54) is 28.6 Å². The van der Waals surface area contributed by atoms with Gasteiger partial charge >= 0.3 is 12.2 Å². The van der Waals surface area contributed by atoms with Crippen molar-refractivity contribution in [3.63, 3.8) is 0 Å². The van der Waals surface area contributed by atoms with Gasteiger partial charge in [-0.2, -0.15) is 17.5 Å². The first-order valence-electron chi connectivity index (χ1n) is 9.68. The third kappa shape index (κ3) is 5.86. The SMILES string of the molecule is O=C(NCC(F)(F)F)C1CCCN1C(=O)Nc1cccc(S(=O)(=O)N2CCOCC2)c1. The molecular weight excluding hydrogens is 441 g/mol. The number of carbonyl (C=O) groups is 2. The summed E-state index contributed by atoms with van der Waals surface area (Å²) >= 11 is 0. The molecule has 1 atom stereocenters. The molecule has 1 unspecified atom stereocenters. The van der Waals surface area contributed by atoms with Crippen LogP contribution in [0, 0.1) is 0 Å². The number of hydrogen-bond donors (Lipinski definition) is 2. The number of nitrogens with zero attached hydrogens (tertiary/aromatic N) is 2.